The Morgan fingerprint density at radius 2 is 2.08 bits per heavy atom. The maximum Gasteiger partial charge on any atom is 0.213 e. The fourth-order valence-electron chi connectivity index (χ4n) is 2.61. The number of nitrogens with zero attached hydrogens (tertiary/aromatic N) is 5. The number of anilines is 1. The second-order valence-corrected chi connectivity index (χ2v) is 5.21. The number of fused-ring (bicyclic) bond motifs is 1. The number of benzene rings is 1. The quantitative estimate of drug-likeness (QED) is 0.613. The average molecular weight is 322 g/mol. The van der Waals surface area contributed by atoms with Crippen LogP contribution in [0.1, 0.15) is 5.56 Å². The molecule has 0 amide bonds. The Hall–Kier alpha value is -3.42. The molecule has 0 bridgehead atoms. The number of ether oxygens (including phenoxy) is 1. The van der Waals surface area contributed by atoms with Crippen molar-refractivity contribution in [1.29, 1.82) is 0 Å². The van der Waals surface area contributed by atoms with Gasteiger partial charge in [0.2, 0.25) is 5.88 Å². The van der Waals surface area contributed by atoms with E-state index in [9.17, 15) is 0 Å². The molecule has 4 aromatic rings. The summed E-state index contributed by atoms with van der Waals surface area (Å²) in [5.74, 6) is 1.37. The second kappa shape index (κ2) is 5.65. The molecule has 2 N–H and O–H groups in total. The second-order valence-electron chi connectivity index (χ2n) is 5.21. The Morgan fingerprint density at radius 1 is 1.21 bits per heavy atom. The van der Waals surface area contributed by atoms with Crippen LogP contribution in [-0.4, -0.2) is 32.0 Å². The van der Waals surface area contributed by atoms with Crippen molar-refractivity contribution in [3.63, 3.8) is 0 Å². The molecule has 120 valence electrons. The summed E-state index contributed by atoms with van der Waals surface area (Å²) in [5.41, 5.74) is 9.10. The monoisotopic (exact) mass is 322 g/mol. The van der Waals surface area contributed by atoms with Crippen LogP contribution >= 0.6 is 0 Å². The molecule has 0 saturated heterocycles. The number of rotatable bonds is 4. The van der Waals surface area contributed by atoms with Crippen molar-refractivity contribution in [2.24, 2.45) is 0 Å². The van der Waals surface area contributed by atoms with Gasteiger partial charge in [-0.15, -0.1) is 0 Å². The number of imidazole rings is 1. The van der Waals surface area contributed by atoms with Crippen molar-refractivity contribution < 1.29 is 9.37 Å². The van der Waals surface area contributed by atoms with Crippen molar-refractivity contribution in [3.05, 3.63) is 48.2 Å². The molecule has 1 aromatic carbocycles. The van der Waals surface area contributed by atoms with Gasteiger partial charge in [-0.25, -0.2) is 14.6 Å². The van der Waals surface area contributed by atoms with Gasteiger partial charge in [0.1, 0.15) is 0 Å². The largest absolute Gasteiger partial charge is 0.481 e. The van der Waals surface area contributed by atoms with Gasteiger partial charge in [-0.3, -0.25) is 0 Å². The smallest absolute Gasteiger partial charge is 0.213 e. The molecule has 0 saturated carbocycles. The lowest BCUT2D eigenvalue weighted by Crippen LogP contribution is -2.04. The van der Waals surface area contributed by atoms with Crippen LogP contribution in [0.25, 0.3) is 22.6 Å². The third-order valence-electron chi connectivity index (χ3n) is 3.73. The van der Waals surface area contributed by atoms with Crippen LogP contribution in [0, 0.1) is 0 Å². The van der Waals surface area contributed by atoms with E-state index in [-0.39, 0.29) is 5.82 Å². The van der Waals surface area contributed by atoms with Crippen LogP contribution in [0.2, 0.25) is 0 Å². The molecule has 0 atom stereocenters. The van der Waals surface area contributed by atoms with Gasteiger partial charge in [0, 0.05) is 18.8 Å². The molecule has 8 nitrogen and oxygen atoms in total. The summed E-state index contributed by atoms with van der Waals surface area (Å²) in [7, 11) is 1.59. The van der Waals surface area contributed by atoms with E-state index in [1.807, 2.05) is 41.0 Å². The van der Waals surface area contributed by atoms with Gasteiger partial charge < -0.3 is 15.0 Å². The van der Waals surface area contributed by atoms with E-state index in [0.29, 0.717) is 23.9 Å². The highest BCUT2D eigenvalue weighted by molar-refractivity contribution is 5.81. The van der Waals surface area contributed by atoms with E-state index in [4.69, 9.17) is 15.1 Å². The van der Waals surface area contributed by atoms with Crippen molar-refractivity contribution >= 4 is 16.9 Å². The Labute approximate surface area is 136 Å². The van der Waals surface area contributed by atoms with Gasteiger partial charge in [0.05, 0.1) is 18.1 Å². The summed E-state index contributed by atoms with van der Waals surface area (Å²) in [5, 5.41) is 7.53. The van der Waals surface area contributed by atoms with E-state index in [2.05, 4.69) is 20.3 Å². The van der Waals surface area contributed by atoms with Crippen molar-refractivity contribution in [1.82, 2.24) is 24.8 Å². The Balaban J connectivity index is 1.88. The topological polar surface area (TPSA) is 105 Å². The van der Waals surface area contributed by atoms with Gasteiger partial charge in [0.15, 0.2) is 17.3 Å². The van der Waals surface area contributed by atoms with E-state index >= 15 is 0 Å². The van der Waals surface area contributed by atoms with Crippen LogP contribution in [0.15, 0.2) is 47.2 Å². The minimum Gasteiger partial charge on any atom is -0.481 e. The average Bonchev–Trinajstić information content (AvgIpc) is 3.19. The molecule has 0 aliphatic heterocycles. The first-order chi connectivity index (χ1) is 11.8. The molecule has 0 radical (unpaired) electrons. The maximum atomic E-state index is 5.85. The first-order valence-corrected chi connectivity index (χ1v) is 7.29. The van der Waals surface area contributed by atoms with Crippen LogP contribution in [0.4, 0.5) is 5.82 Å². The van der Waals surface area contributed by atoms with Gasteiger partial charge in [-0.05, 0) is 34.1 Å². The third-order valence-corrected chi connectivity index (χ3v) is 3.73. The number of nitrogen functional groups attached to an aromatic ring is 1. The molecule has 8 heteroatoms. The number of pyridine rings is 1. The van der Waals surface area contributed by atoms with Crippen molar-refractivity contribution in [2.75, 3.05) is 12.8 Å². The van der Waals surface area contributed by atoms with Crippen LogP contribution < -0.4 is 10.5 Å². The van der Waals surface area contributed by atoms with E-state index in [1.54, 1.807) is 13.3 Å². The fraction of sp³-hybridized carbons (Fsp3) is 0.125. The number of methoxy groups -OCH3 is 1. The number of para-hydroxylation sites is 2. The lowest BCUT2D eigenvalue weighted by molar-refractivity contribution is 0.310. The number of hydrogen-bond acceptors (Lipinski definition) is 7. The summed E-state index contributed by atoms with van der Waals surface area (Å²) >= 11 is 0. The molecular weight excluding hydrogens is 308 g/mol. The molecule has 3 heterocycles. The van der Waals surface area contributed by atoms with Gasteiger partial charge in [-0.2, -0.15) is 0 Å². The molecule has 3 aromatic heterocycles. The van der Waals surface area contributed by atoms with E-state index < -0.39 is 0 Å². The molecule has 0 unspecified atom stereocenters. The predicted octanol–water partition coefficient (Wildman–Crippen LogP) is 2.12. The Kier molecular flexibility index (Phi) is 3.34. The summed E-state index contributed by atoms with van der Waals surface area (Å²) in [4.78, 5) is 8.76. The molecule has 0 fully saturated rings. The van der Waals surface area contributed by atoms with Crippen LogP contribution in [-0.2, 0) is 6.54 Å². The summed E-state index contributed by atoms with van der Waals surface area (Å²) in [6, 6.07) is 11.6. The van der Waals surface area contributed by atoms with E-state index in [0.717, 1.165) is 16.6 Å². The summed E-state index contributed by atoms with van der Waals surface area (Å²) < 4.78 is 11.9. The molecule has 0 aliphatic carbocycles. The van der Waals surface area contributed by atoms with Crippen molar-refractivity contribution in [3.8, 4) is 17.4 Å². The Bertz CT molecular complexity index is 1010. The summed E-state index contributed by atoms with van der Waals surface area (Å²) in [6.45, 7) is 0.557. The normalized spacial score (nSPS) is 11.0. The highest BCUT2D eigenvalue weighted by atomic mass is 16.6. The van der Waals surface area contributed by atoms with Gasteiger partial charge in [0.25, 0.3) is 0 Å². The summed E-state index contributed by atoms with van der Waals surface area (Å²) in [6.07, 6.45) is 1.71. The highest BCUT2D eigenvalue weighted by Gasteiger charge is 2.19. The third kappa shape index (κ3) is 2.34. The van der Waals surface area contributed by atoms with Crippen molar-refractivity contribution in [2.45, 2.75) is 6.54 Å². The molecule has 0 aliphatic rings. The standard InChI is InChI=1S/C16H14N6O2/c1-23-13-8-10(6-7-18-13)9-22-12-5-3-2-4-11(12)19-16(22)14-15(17)21-24-20-14/h2-8H,9H2,1H3,(H2,17,21). The van der Waals surface area contributed by atoms with Crippen LogP contribution in [0.3, 0.4) is 0 Å². The zero-order chi connectivity index (χ0) is 16.5. The molecular formula is C16H14N6O2. The molecule has 0 spiro atoms. The van der Waals surface area contributed by atoms with Gasteiger partial charge >= 0.3 is 0 Å². The predicted molar refractivity (Wildman–Crippen MR) is 87.3 cm³/mol. The SMILES string of the molecule is COc1cc(Cn2c(-c3nonc3N)nc3ccccc32)ccn1. The van der Waals surface area contributed by atoms with Crippen LogP contribution in [0.5, 0.6) is 5.88 Å². The lowest BCUT2D eigenvalue weighted by Gasteiger charge is -2.09. The Morgan fingerprint density at radius 3 is 2.88 bits per heavy atom. The van der Waals surface area contributed by atoms with Gasteiger partial charge in [-0.1, -0.05) is 12.1 Å². The molecule has 24 heavy (non-hydrogen) atoms. The maximum absolute atomic E-state index is 5.85. The van der Waals surface area contributed by atoms with E-state index in [1.165, 1.54) is 0 Å². The minimum atomic E-state index is 0.207. The lowest BCUT2D eigenvalue weighted by atomic mass is 10.2. The minimum absolute atomic E-state index is 0.207. The first-order valence-electron chi connectivity index (χ1n) is 7.29. The number of nitrogens with two attached hydrogens (primary N) is 1. The number of aromatic nitrogens is 5. The highest BCUT2D eigenvalue weighted by Crippen LogP contribution is 2.27. The molecule has 4 rings (SSSR count). The fourth-order valence-corrected chi connectivity index (χ4v) is 2.61. The zero-order valence-corrected chi connectivity index (χ0v) is 12.9. The zero-order valence-electron chi connectivity index (χ0n) is 12.9. The number of hydrogen-bond donors (Lipinski definition) is 1. The first kappa shape index (κ1) is 14.2.